The molecule has 4 amide bonds. The third-order valence-corrected chi connectivity index (χ3v) is 7.89. The lowest BCUT2D eigenvalue weighted by Crippen LogP contribution is -2.44. The molecule has 1 aliphatic heterocycles. The van der Waals surface area contributed by atoms with Gasteiger partial charge in [0, 0.05) is 35.0 Å². The number of para-hydroxylation sites is 1. The molecule has 0 spiro atoms. The summed E-state index contributed by atoms with van der Waals surface area (Å²) in [6.07, 6.45) is -0.842. The van der Waals surface area contributed by atoms with Crippen LogP contribution in [0.15, 0.2) is 60.7 Å². The monoisotopic (exact) mass is 661 g/mol. The fourth-order valence-electron chi connectivity index (χ4n) is 5.32. The molecule has 0 aliphatic carbocycles. The maximum Gasteiger partial charge on any atom is 0.404 e. The minimum atomic E-state index is -1.17. The SMILES string of the molecule is Cc1ccc(C(=O)Nc2ccc(F)cc2)cc1-c1nc(NCCC(NC(=O)O)C(C)(C)C)nc2c1CNC(=O)N2c1c(F)cccc1F. The Morgan fingerprint density at radius 1 is 1.02 bits per heavy atom. The highest BCUT2D eigenvalue weighted by Gasteiger charge is 2.34. The third-order valence-electron chi connectivity index (χ3n) is 7.89. The number of halogens is 3. The van der Waals surface area contributed by atoms with Gasteiger partial charge in [-0.3, -0.25) is 4.79 Å². The largest absolute Gasteiger partial charge is 0.465 e. The summed E-state index contributed by atoms with van der Waals surface area (Å²) in [5.41, 5.74) is 1.36. The van der Waals surface area contributed by atoms with Crippen LogP contribution in [0.1, 0.15) is 48.7 Å². The van der Waals surface area contributed by atoms with Crippen molar-refractivity contribution >= 4 is 41.2 Å². The lowest BCUT2D eigenvalue weighted by atomic mass is 9.85. The molecule has 4 aromatic rings. The van der Waals surface area contributed by atoms with E-state index in [4.69, 9.17) is 4.98 Å². The van der Waals surface area contributed by atoms with E-state index in [2.05, 4.69) is 26.3 Å². The van der Waals surface area contributed by atoms with Gasteiger partial charge in [-0.1, -0.05) is 32.9 Å². The molecule has 0 saturated carbocycles. The molecule has 5 N–H and O–H groups in total. The van der Waals surface area contributed by atoms with Crippen molar-refractivity contribution in [2.75, 3.05) is 22.1 Å². The van der Waals surface area contributed by atoms with Crippen LogP contribution in [0.2, 0.25) is 0 Å². The van der Waals surface area contributed by atoms with Gasteiger partial charge in [-0.15, -0.1) is 0 Å². The standard InChI is InChI=1S/C34H34F3N7O4/c1-18-8-9-19(30(45)40-21-12-10-20(35)11-13-21)16-22(18)27-23-17-39-32(46)44(28-24(36)6-5-7-25(28)37)29(23)43-31(42-27)38-15-14-26(34(2,3)4)41-33(47)48/h5-13,16,26,41H,14-15,17H2,1-4H3,(H,39,46)(H,40,45)(H,47,48)(H,38,42,43). The number of fused-ring (bicyclic) bond motifs is 1. The summed E-state index contributed by atoms with van der Waals surface area (Å²) in [7, 11) is 0. The van der Waals surface area contributed by atoms with E-state index in [1.807, 2.05) is 20.8 Å². The van der Waals surface area contributed by atoms with E-state index in [-0.39, 0.29) is 36.1 Å². The van der Waals surface area contributed by atoms with Gasteiger partial charge in [-0.05, 0) is 72.9 Å². The van der Waals surface area contributed by atoms with Crippen LogP contribution >= 0.6 is 0 Å². The number of rotatable bonds is 9. The summed E-state index contributed by atoms with van der Waals surface area (Å²) in [6, 6.07) is 12.2. The van der Waals surface area contributed by atoms with Crippen LogP contribution < -0.4 is 26.2 Å². The first kappa shape index (κ1) is 33.7. The van der Waals surface area contributed by atoms with Crippen molar-refractivity contribution in [3.63, 3.8) is 0 Å². The van der Waals surface area contributed by atoms with E-state index in [0.29, 0.717) is 28.8 Å². The second-order valence-corrected chi connectivity index (χ2v) is 12.3. The first-order chi connectivity index (χ1) is 22.7. The molecule has 11 nitrogen and oxygen atoms in total. The Bertz CT molecular complexity index is 1860. The van der Waals surface area contributed by atoms with Crippen LogP contribution in [-0.4, -0.2) is 45.7 Å². The van der Waals surface area contributed by atoms with Crippen LogP contribution in [0.4, 0.5) is 45.9 Å². The smallest absolute Gasteiger partial charge is 0.404 e. The van der Waals surface area contributed by atoms with E-state index < -0.39 is 52.6 Å². The van der Waals surface area contributed by atoms with Gasteiger partial charge in [-0.25, -0.2) is 32.6 Å². The maximum absolute atomic E-state index is 15.1. The molecule has 0 fully saturated rings. The number of hydrogen-bond donors (Lipinski definition) is 5. The Morgan fingerprint density at radius 2 is 1.71 bits per heavy atom. The first-order valence-corrected chi connectivity index (χ1v) is 15.1. The van der Waals surface area contributed by atoms with Crippen LogP contribution in [0.5, 0.6) is 0 Å². The summed E-state index contributed by atoms with van der Waals surface area (Å²) in [6.45, 7) is 7.57. The number of nitrogens with zero attached hydrogens (tertiary/aromatic N) is 3. The molecule has 14 heteroatoms. The molecular formula is C34H34F3N7O4. The summed E-state index contributed by atoms with van der Waals surface area (Å²) >= 11 is 0. The number of carbonyl (C=O) groups is 3. The van der Waals surface area contributed by atoms with Gasteiger partial charge in [0.15, 0.2) is 5.82 Å². The van der Waals surface area contributed by atoms with Gasteiger partial charge < -0.3 is 26.4 Å². The zero-order valence-corrected chi connectivity index (χ0v) is 26.6. The molecule has 1 aliphatic rings. The fraction of sp³-hybridized carbons (Fsp3) is 0.265. The average Bonchev–Trinajstić information content (AvgIpc) is 3.02. The van der Waals surface area contributed by atoms with E-state index in [1.165, 1.54) is 30.3 Å². The fourth-order valence-corrected chi connectivity index (χ4v) is 5.32. The highest BCUT2D eigenvalue weighted by molar-refractivity contribution is 6.05. The number of aryl methyl sites for hydroxylation is 1. The lowest BCUT2D eigenvalue weighted by molar-refractivity contribution is 0.102. The van der Waals surface area contributed by atoms with Gasteiger partial charge in [0.25, 0.3) is 5.91 Å². The molecular weight excluding hydrogens is 627 g/mol. The maximum atomic E-state index is 15.1. The van der Waals surface area contributed by atoms with Gasteiger partial charge in [-0.2, -0.15) is 4.98 Å². The van der Waals surface area contributed by atoms with Gasteiger partial charge in [0.1, 0.15) is 23.1 Å². The molecule has 1 aromatic heterocycles. The number of urea groups is 1. The van der Waals surface area contributed by atoms with E-state index >= 15 is 8.78 Å². The van der Waals surface area contributed by atoms with Crippen molar-refractivity contribution in [3.05, 3.63) is 94.8 Å². The Kier molecular flexibility index (Phi) is 9.55. The molecule has 5 rings (SSSR count). The number of amides is 4. The quantitative estimate of drug-likeness (QED) is 0.130. The minimum absolute atomic E-state index is 0.00347. The van der Waals surface area contributed by atoms with Crippen molar-refractivity contribution in [2.45, 2.75) is 46.7 Å². The van der Waals surface area contributed by atoms with Crippen LogP contribution in [0, 0.1) is 29.8 Å². The zero-order valence-electron chi connectivity index (χ0n) is 26.6. The number of benzene rings is 3. The topological polar surface area (TPSA) is 149 Å². The average molecular weight is 662 g/mol. The van der Waals surface area contributed by atoms with Crippen molar-refractivity contribution < 1.29 is 32.7 Å². The highest BCUT2D eigenvalue weighted by atomic mass is 19.1. The molecule has 0 bridgehead atoms. The van der Waals surface area contributed by atoms with Crippen molar-refractivity contribution in [1.29, 1.82) is 0 Å². The van der Waals surface area contributed by atoms with Crippen LogP contribution in [-0.2, 0) is 6.54 Å². The minimum Gasteiger partial charge on any atom is -0.465 e. The second-order valence-electron chi connectivity index (χ2n) is 12.3. The van der Waals surface area contributed by atoms with Gasteiger partial charge in [0.2, 0.25) is 5.95 Å². The molecule has 2 heterocycles. The highest BCUT2D eigenvalue weighted by Crippen LogP contribution is 2.39. The van der Waals surface area contributed by atoms with Crippen LogP contribution in [0.3, 0.4) is 0 Å². The van der Waals surface area contributed by atoms with E-state index in [9.17, 15) is 23.9 Å². The van der Waals surface area contributed by atoms with Crippen molar-refractivity contribution in [2.24, 2.45) is 5.41 Å². The Morgan fingerprint density at radius 3 is 2.35 bits per heavy atom. The van der Waals surface area contributed by atoms with E-state index in [0.717, 1.165) is 17.0 Å². The number of anilines is 4. The number of aromatic nitrogens is 2. The molecule has 0 saturated heterocycles. The Labute approximate surface area is 274 Å². The van der Waals surface area contributed by atoms with E-state index in [1.54, 1.807) is 25.1 Å². The number of carbonyl (C=O) groups excluding carboxylic acids is 2. The summed E-state index contributed by atoms with van der Waals surface area (Å²) in [4.78, 5) is 47.9. The molecule has 1 unspecified atom stereocenters. The molecule has 250 valence electrons. The molecule has 3 aromatic carbocycles. The third kappa shape index (κ3) is 7.32. The van der Waals surface area contributed by atoms with Crippen molar-refractivity contribution in [1.82, 2.24) is 20.6 Å². The summed E-state index contributed by atoms with van der Waals surface area (Å²) < 4.78 is 43.6. The predicted octanol–water partition coefficient (Wildman–Crippen LogP) is 6.97. The Hall–Kier alpha value is -5.66. The normalized spacial score (nSPS) is 13.3. The second kappa shape index (κ2) is 13.6. The van der Waals surface area contributed by atoms with Crippen LogP contribution in [0.25, 0.3) is 11.3 Å². The first-order valence-electron chi connectivity index (χ1n) is 15.1. The number of carboxylic acid groups (broad SMARTS) is 1. The molecule has 0 radical (unpaired) electrons. The summed E-state index contributed by atoms with van der Waals surface area (Å²) in [5, 5.41) is 20.3. The number of nitrogens with one attached hydrogen (secondary N) is 4. The number of hydrogen-bond acceptors (Lipinski definition) is 6. The predicted molar refractivity (Wildman–Crippen MR) is 175 cm³/mol. The molecule has 1 atom stereocenters. The molecule has 48 heavy (non-hydrogen) atoms. The Balaban J connectivity index is 1.60. The van der Waals surface area contributed by atoms with Crippen molar-refractivity contribution in [3.8, 4) is 11.3 Å². The summed E-state index contributed by atoms with van der Waals surface area (Å²) in [5.74, 6) is -2.98. The van der Waals surface area contributed by atoms with Gasteiger partial charge in [0.05, 0.1) is 12.2 Å². The van der Waals surface area contributed by atoms with Gasteiger partial charge >= 0.3 is 12.1 Å². The zero-order chi connectivity index (χ0) is 34.7. The lowest BCUT2D eigenvalue weighted by Gasteiger charge is -2.32.